The van der Waals surface area contributed by atoms with E-state index in [-0.39, 0.29) is 12.5 Å². The highest BCUT2D eigenvalue weighted by molar-refractivity contribution is 6.31. The van der Waals surface area contributed by atoms with Crippen molar-refractivity contribution in [2.45, 2.75) is 19.4 Å². The molecule has 0 aliphatic rings. The number of methoxy groups -OCH3 is 1. The fraction of sp³-hybridized carbons (Fsp3) is 0.417. The van der Waals surface area contributed by atoms with Crippen LogP contribution < -0.4 is 10.1 Å². The van der Waals surface area contributed by atoms with Crippen LogP contribution >= 0.6 is 11.6 Å². The summed E-state index contributed by atoms with van der Waals surface area (Å²) in [5.41, 5.74) is 0.838. The van der Waals surface area contributed by atoms with Crippen LogP contribution in [0.4, 0.5) is 0 Å². The summed E-state index contributed by atoms with van der Waals surface area (Å²) in [4.78, 5) is 11.3. The van der Waals surface area contributed by atoms with Gasteiger partial charge in [0.15, 0.2) is 0 Å². The third-order valence-corrected chi connectivity index (χ3v) is 2.65. The fourth-order valence-electron chi connectivity index (χ4n) is 1.32. The molecule has 1 rings (SSSR count). The van der Waals surface area contributed by atoms with Gasteiger partial charge in [-0.1, -0.05) is 17.7 Å². The summed E-state index contributed by atoms with van der Waals surface area (Å²) >= 11 is 6.02. The number of rotatable bonds is 6. The SMILES string of the molecule is COc1ccc(CNC(=O)CCCO)c(Cl)c1. The molecule has 0 bridgehead atoms. The molecule has 0 heterocycles. The van der Waals surface area contributed by atoms with Crippen LogP contribution in [0.25, 0.3) is 0 Å². The van der Waals surface area contributed by atoms with E-state index in [0.29, 0.717) is 30.2 Å². The van der Waals surface area contributed by atoms with Crippen LogP contribution in [-0.4, -0.2) is 24.7 Å². The molecule has 0 aliphatic heterocycles. The van der Waals surface area contributed by atoms with Crippen molar-refractivity contribution >= 4 is 17.5 Å². The molecule has 5 heteroatoms. The van der Waals surface area contributed by atoms with E-state index in [9.17, 15) is 4.79 Å². The summed E-state index contributed by atoms with van der Waals surface area (Å²) in [5.74, 6) is 0.594. The third-order valence-electron chi connectivity index (χ3n) is 2.30. The lowest BCUT2D eigenvalue weighted by Crippen LogP contribution is -2.22. The highest BCUT2D eigenvalue weighted by Crippen LogP contribution is 2.22. The van der Waals surface area contributed by atoms with Crippen LogP contribution in [0.2, 0.25) is 5.02 Å². The van der Waals surface area contributed by atoms with Crippen LogP contribution in [0.15, 0.2) is 18.2 Å². The van der Waals surface area contributed by atoms with Crippen molar-refractivity contribution in [3.05, 3.63) is 28.8 Å². The van der Waals surface area contributed by atoms with Crippen LogP contribution in [0.3, 0.4) is 0 Å². The van der Waals surface area contributed by atoms with E-state index in [4.69, 9.17) is 21.4 Å². The van der Waals surface area contributed by atoms with Crippen LogP contribution in [0.1, 0.15) is 18.4 Å². The lowest BCUT2D eigenvalue weighted by Gasteiger charge is -2.08. The molecule has 0 saturated heterocycles. The number of benzene rings is 1. The summed E-state index contributed by atoms with van der Waals surface area (Å²) < 4.78 is 5.03. The molecule has 1 aromatic carbocycles. The van der Waals surface area contributed by atoms with Crippen LogP contribution in [0.5, 0.6) is 5.75 Å². The van der Waals surface area contributed by atoms with Gasteiger partial charge in [-0.15, -0.1) is 0 Å². The molecule has 0 atom stereocenters. The second-order valence-electron chi connectivity index (χ2n) is 3.56. The van der Waals surface area contributed by atoms with Crippen molar-refractivity contribution in [2.24, 2.45) is 0 Å². The summed E-state index contributed by atoms with van der Waals surface area (Å²) in [7, 11) is 1.57. The number of aliphatic hydroxyl groups is 1. The molecular weight excluding hydrogens is 242 g/mol. The van der Waals surface area contributed by atoms with E-state index in [1.807, 2.05) is 6.07 Å². The Labute approximate surface area is 106 Å². The van der Waals surface area contributed by atoms with Gasteiger partial charge in [0.05, 0.1) is 7.11 Å². The summed E-state index contributed by atoms with van der Waals surface area (Å²) in [6, 6.07) is 5.31. The Balaban J connectivity index is 2.49. The monoisotopic (exact) mass is 257 g/mol. The number of hydrogen-bond acceptors (Lipinski definition) is 3. The lowest BCUT2D eigenvalue weighted by atomic mass is 10.2. The number of carbonyl (C=O) groups excluding carboxylic acids is 1. The van der Waals surface area contributed by atoms with Crippen molar-refractivity contribution in [3.8, 4) is 5.75 Å². The summed E-state index contributed by atoms with van der Waals surface area (Å²) in [6.07, 6.45) is 0.798. The molecule has 2 N–H and O–H groups in total. The van der Waals surface area contributed by atoms with Gasteiger partial charge in [-0.2, -0.15) is 0 Å². The van der Waals surface area contributed by atoms with Crippen molar-refractivity contribution in [2.75, 3.05) is 13.7 Å². The minimum Gasteiger partial charge on any atom is -0.497 e. The summed E-state index contributed by atoms with van der Waals surface area (Å²) in [6.45, 7) is 0.407. The molecule has 17 heavy (non-hydrogen) atoms. The molecule has 1 amide bonds. The molecule has 0 unspecified atom stereocenters. The maximum absolute atomic E-state index is 11.3. The Morgan fingerprint density at radius 1 is 1.53 bits per heavy atom. The topological polar surface area (TPSA) is 58.6 Å². The van der Waals surface area contributed by atoms with Crippen molar-refractivity contribution < 1.29 is 14.6 Å². The number of amides is 1. The minimum atomic E-state index is -0.0917. The van der Waals surface area contributed by atoms with E-state index in [2.05, 4.69) is 5.32 Å². The number of ether oxygens (including phenoxy) is 1. The standard InChI is InChI=1S/C12H16ClNO3/c1-17-10-5-4-9(11(13)7-10)8-14-12(16)3-2-6-15/h4-5,7,15H,2-3,6,8H2,1H3,(H,14,16). The highest BCUT2D eigenvalue weighted by atomic mass is 35.5. The Hall–Kier alpha value is -1.26. The van der Waals surface area contributed by atoms with Gasteiger partial charge < -0.3 is 15.2 Å². The second kappa shape index (κ2) is 7.14. The molecule has 0 spiro atoms. The predicted molar refractivity (Wildman–Crippen MR) is 66.2 cm³/mol. The van der Waals surface area contributed by atoms with Gasteiger partial charge in [0.2, 0.25) is 5.91 Å². The Morgan fingerprint density at radius 3 is 2.88 bits per heavy atom. The average molecular weight is 258 g/mol. The molecular formula is C12H16ClNO3. The molecule has 1 aromatic rings. The van der Waals surface area contributed by atoms with Crippen LogP contribution in [0, 0.1) is 0 Å². The number of halogens is 1. The maximum atomic E-state index is 11.3. The van der Waals surface area contributed by atoms with E-state index in [0.717, 1.165) is 5.56 Å². The zero-order chi connectivity index (χ0) is 12.7. The normalized spacial score (nSPS) is 10.1. The minimum absolute atomic E-state index is 0.0245. The van der Waals surface area contributed by atoms with Gasteiger partial charge >= 0.3 is 0 Å². The fourth-order valence-corrected chi connectivity index (χ4v) is 1.56. The smallest absolute Gasteiger partial charge is 0.220 e. The lowest BCUT2D eigenvalue weighted by molar-refractivity contribution is -0.121. The first kappa shape index (κ1) is 13.8. The van der Waals surface area contributed by atoms with Gasteiger partial charge in [-0.3, -0.25) is 4.79 Å². The van der Waals surface area contributed by atoms with E-state index in [1.165, 1.54) is 0 Å². The van der Waals surface area contributed by atoms with Gasteiger partial charge in [-0.25, -0.2) is 0 Å². The molecule has 0 fully saturated rings. The first-order chi connectivity index (χ1) is 8.17. The predicted octanol–water partition coefficient (Wildman–Crippen LogP) is 1.74. The van der Waals surface area contributed by atoms with E-state index < -0.39 is 0 Å². The largest absolute Gasteiger partial charge is 0.497 e. The number of carbonyl (C=O) groups is 1. The van der Waals surface area contributed by atoms with Crippen LogP contribution in [-0.2, 0) is 11.3 Å². The first-order valence-corrected chi connectivity index (χ1v) is 5.75. The van der Waals surface area contributed by atoms with Gasteiger partial charge in [0.25, 0.3) is 0 Å². The average Bonchev–Trinajstić information content (AvgIpc) is 2.34. The molecule has 0 aliphatic carbocycles. The van der Waals surface area contributed by atoms with Crippen molar-refractivity contribution in [1.29, 1.82) is 0 Å². The maximum Gasteiger partial charge on any atom is 0.220 e. The Bertz CT molecular complexity index is 382. The third kappa shape index (κ3) is 4.63. The van der Waals surface area contributed by atoms with Gasteiger partial charge in [0, 0.05) is 24.6 Å². The van der Waals surface area contributed by atoms with E-state index >= 15 is 0 Å². The van der Waals surface area contributed by atoms with Crippen molar-refractivity contribution in [3.63, 3.8) is 0 Å². The number of nitrogens with one attached hydrogen (secondary N) is 1. The zero-order valence-corrected chi connectivity index (χ0v) is 10.5. The molecule has 0 aromatic heterocycles. The second-order valence-corrected chi connectivity index (χ2v) is 3.97. The quantitative estimate of drug-likeness (QED) is 0.816. The first-order valence-electron chi connectivity index (χ1n) is 5.37. The highest BCUT2D eigenvalue weighted by Gasteiger charge is 2.05. The summed E-state index contributed by atoms with van der Waals surface area (Å²) in [5, 5.41) is 11.9. The Morgan fingerprint density at radius 2 is 2.29 bits per heavy atom. The molecule has 0 saturated carbocycles. The van der Waals surface area contributed by atoms with Gasteiger partial charge in [-0.05, 0) is 24.1 Å². The van der Waals surface area contributed by atoms with Crippen molar-refractivity contribution in [1.82, 2.24) is 5.32 Å². The number of hydrogen-bond donors (Lipinski definition) is 2. The number of aliphatic hydroxyl groups excluding tert-OH is 1. The molecule has 0 radical (unpaired) electrons. The van der Waals surface area contributed by atoms with E-state index in [1.54, 1.807) is 19.2 Å². The molecule has 4 nitrogen and oxygen atoms in total. The van der Waals surface area contributed by atoms with Gasteiger partial charge in [0.1, 0.15) is 5.75 Å². The molecule has 94 valence electrons. The zero-order valence-electron chi connectivity index (χ0n) is 9.70. The Kier molecular flexibility index (Phi) is 5.80.